The standard InChI is InChI=1S/C12H18N2O2/c1-8-6-10(13)5-4-9(8)7-12(2,3)16-11(14)15/h4-6H,7,13H2,1-3H3,(H2,14,15). The van der Waals surface area contributed by atoms with E-state index in [4.69, 9.17) is 16.2 Å². The van der Waals surface area contributed by atoms with Gasteiger partial charge in [0, 0.05) is 12.1 Å². The molecular formula is C12H18N2O2. The Kier molecular flexibility index (Phi) is 3.42. The second-order valence-corrected chi connectivity index (χ2v) is 4.54. The number of nitrogen functional groups attached to an aromatic ring is 1. The summed E-state index contributed by atoms with van der Waals surface area (Å²) in [5, 5.41) is 0. The van der Waals surface area contributed by atoms with Crippen molar-refractivity contribution in [3.8, 4) is 0 Å². The van der Waals surface area contributed by atoms with Gasteiger partial charge in [0.2, 0.25) is 0 Å². The minimum atomic E-state index is -0.752. The summed E-state index contributed by atoms with van der Waals surface area (Å²) in [6.07, 6.45) is -0.139. The molecule has 0 unspecified atom stereocenters. The molecule has 0 aliphatic rings. The van der Waals surface area contributed by atoms with Gasteiger partial charge in [-0.25, -0.2) is 4.79 Å². The molecule has 0 atom stereocenters. The monoisotopic (exact) mass is 222 g/mol. The van der Waals surface area contributed by atoms with Crippen LogP contribution in [0.5, 0.6) is 0 Å². The molecule has 0 aromatic heterocycles. The van der Waals surface area contributed by atoms with E-state index in [1.807, 2.05) is 39.0 Å². The molecule has 4 N–H and O–H groups in total. The molecule has 0 heterocycles. The molecule has 0 saturated carbocycles. The first-order chi connectivity index (χ1) is 7.30. The molecule has 0 aliphatic heterocycles. The molecule has 0 saturated heterocycles. The van der Waals surface area contributed by atoms with Gasteiger partial charge in [0.05, 0.1) is 0 Å². The van der Waals surface area contributed by atoms with Crippen LogP contribution in [-0.2, 0) is 11.2 Å². The van der Waals surface area contributed by atoms with Crippen molar-refractivity contribution in [3.05, 3.63) is 29.3 Å². The molecule has 0 bridgehead atoms. The number of primary amides is 1. The lowest BCUT2D eigenvalue weighted by atomic mass is 9.95. The average molecular weight is 222 g/mol. The van der Waals surface area contributed by atoms with Crippen molar-refractivity contribution in [2.75, 3.05) is 5.73 Å². The number of hydrogen-bond acceptors (Lipinski definition) is 3. The minimum absolute atomic E-state index is 0.604. The maximum absolute atomic E-state index is 10.7. The second kappa shape index (κ2) is 4.43. The summed E-state index contributed by atoms with van der Waals surface area (Å²) < 4.78 is 5.03. The lowest BCUT2D eigenvalue weighted by Gasteiger charge is -2.24. The highest BCUT2D eigenvalue weighted by atomic mass is 16.6. The summed E-state index contributed by atoms with van der Waals surface area (Å²) in [6.45, 7) is 5.63. The van der Waals surface area contributed by atoms with Crippen LogP contribution in [0.15, 0.2) is 18.2 Å². The average Bonchev–Trinajstić information content (AvgIpc) is 2.07. The van der Waals surface area contributed by atoms with Crippen LogP contribution in [-0.4, -0.2) is 11.7 Å². The number of anilines is 1. The fourth-order valence-electron chi connectivity index (χ4n) is 1.68. The summed E-state index contributed by atoms with van der Waals surface area (Å²) in [5.41, 5.74) is 13.0. The van der Waals surface area contributed by atoms with E-state index in [0.717, 1.165) is 16.8 Å². The fourth-order valence-corrected chi connectivity index (χ4v) is 1.68. The first kappa shape index (κ1) is 12.4. The van der Waals surface area contributed by atoms with Crippen LogP contribution in [0.3, 0.4) is 0 Å². The van der Waals surface area contributed by atoms with Gasteiger partial charge in [0.1, 0.15) is 5.60 Å². The lowest BCUT2D eigenvalue weighted by Crippen LogP contribution is -2.33. The zero-order chi connectivity index (χ0) is 12.3. The Balaban J connectivity index is 2.83. The number of amides is 1. The number of aryl methyl sites for hydroxylation is 1. The molecular weight excluding hydrogens is 204 g/mol. The van der Waals surface area contributed by atoms with E-state index in [1.165, 1.54) is 0 Å². The van der Waals surface area contributed by atoms with E-state index in [9.17, 15) is 4.79 Å². The normalized spacial score (nSPS) is 11.2. The highest BCUT2D eigenvalue weighted by molar-refractivity contribution is 5.65. The SMILES string of the molecule is Cc1cc(N)ccc1CC(C)(C)OC(N)=O. The Morgan fingerprint density at radius 2 is 2.06 bits per heavy atom. The molecule has 1 rings (SSSR count). The number of ether oxygens (including phenoxy) is 1. The van der Waals surface area contributed by atoms with E-state index >= 15 is 0 Å². The van der Waals surface area contributed by atoms with Crippen molar-refractivity contribution < 1.29 is 9.53 Å². The number of hydrogen-bond donors (Lipinski definition) is 2. The van der Waals surface area contributed by atoms with Crippen molar-refractivity contribution in [1.82, 2.24) is 0 Å². The Morgan fingerprint density at radius 1 is 1.44 bits per heavy atom. The third-order valence-corrected chi connectivity index (χ3v) is 2.36. The number of carbonyl (C=O) groups excluding carboxylic acids is 1. The largest absolute Gasteiger partial charge is 0.443 e. The first-order valence-electron chi connectivity index (χ1n) is 5.13. The molecule has 4 heteroatoms. The van der Waals surface area contributed by atoms with Gasteiger partial charge in [-0.3, -0.25) is 0 Å². The van der Waals surface area contributed by atoms with Crippen LogP contribution in [0.4, 0.5) is 10.5 Å². The molecule has 88 valence electrons. The molecule has 4 nitrogen and oxygen atoms in total. The molecule has 16 heavy (non-hydrogen) atoms. The van der Waals surface area contributed by atoms with Gasteiger partial charge < -0.3 is 16.2 Å². The minimum Gasteiger partial charge on any atom is -0.443 e. The Labute approximate surface area is 95.6 Å². The third kappa shape index (κ3) is 3.46. The summed E-state index contributed by atoms with van der Waals surface area (Å²) in [6, 6.07) is 5.68. The van der Waals surface area contributed by atoms with Crippen molar-refractivity contribution in [2.45, 2.75) is 32.8 Å². The predicted octanol–water partition coefficient (Wildman–Crippen LogP) is 1.99. The van der Waals surface area contributed by atoms with E-state index in [-0.39, 0.29) is 0 Å². The summed E-state index contributed by atoms with van der Waals surface area (Å²) in [4.78, 5) is 10.7. The van der Waals surface area contributed by atoms with Gasteiger partial charge >= 0.3 is 6.09 Å². The number of rotatable bonds is 3. The van der Waals surface area contributed by atoms with Crippen LogP contribution in [0.25, 0.3) is 0 Å². The van der Waals surface area contributed by atoms with Crippen molar-refractivity contribution in [1.29, 1.82) is 0 Å². The second-order valence-electron chi connectivity index (χ2n) is 4.54. The van der Waals surface area contributed by atoms with Gasteiger partial charge in [-0.15, -0.1) is 0 Å². The maximum Gasteiger partial charge on any atom is 0.405 e. The first-order valence-corrected chi connectivity index (χ1v) is 5.13. The third-order valence-electron chi connectivity index (χ3n) is 2.36. The summed E-state index contributed by atoms with van der Waals surface area (Å²) in [5.74, 6) is 0. The smallest absolute Gasteiger partial charge is 0.405 e. The van der Waals surface area contributed by atoms with E-state index in [1.54, 1.807) is 0 Å². The molecule has 1 aromatic carbocycles. The number of carbonyl (C=O) groups is 1. The molecule has 0 radical (unpaired) electrons. The summed E-state index contributed by atoms with van der Waals surface area (Å²) in [7, 11) is 0. The van der Waals surface area contributed by atoms with Crippen LogP contribution in [0, 0.1) is 6.92 Å². The van der Waals surface area contributed by atoms with Crippen molar-refractivity contribution in [3.63, 3.8) is 0 Å². The molecule has 0 spiro atoms. The van der Waals surface area contributed by atoms with Gasteiger partial charge in [-0.2, -0.15) is 0 Å². The quantitative estimate of drug-likeness (QED) is 0.768. The highest BCUT2D eigenvalue weighted by Crippen LogP contribution is 2.21. The maximum atomic E-state index is 10.7. The predicted molar refractivity (Wildman–Crippen MR) is 64.0 cm³/mol. The summed E-state index contributed by atoms with van der Waals surface area (Å²) >= 11 is 0. The van der Waals surface area contributed by atoms with Crippen LogP contribution in [0.1, 0.15) is 25.0 Å². The topological polar surface area (TPSA) is 78.3 Å². The van der Waals surface area contributed by atoms with Crippen molar-refractivity contribution in [2.24, 2.45) is 5.73 Å². The molecule has 0 aliphatic carbocycles. The molecule has 0 fully saturated rings. The van der Waals surface area contributed by atoms with Gasteiger partial charge in [0.15, 0.2) is 0 Å². The Bertz CT molecular complexity index is 400. The van der Waals surface area contributed by atoms with Crippen molar-refractivity contribution >= 4 is 11.8 Å². The zero-order valence-electron chi connectivity index (χ0n) is 9.91. The zero-order valence-corrected chi connectivity index (χ0v) is 9.91. The van der Waals surface area contributed by atoms with Gasteiger partial charge in [-0.1, -0.05) is 6.07 Å². The van der Waals surface area contributed by atoms with Gasteiger partial charge in [0.25, 0.3) is 0 Å². The number of nitrogens with two attached hydrogens (primary N) is 2. The molecule has 1 amide bonds. The van der Waals surface area contributed by atoms with E-state index < -0.39 is 11.7 Å². The van der Waals surface area contributed by atoms with E-state index in [0.29, 0.717) is 6.42 Å². The van der Waals surface area contributed by atoms with Crippen LogP contribution >= 0.6 is 0 Å². The van der Waals surface area contributed by atoms with Crippen LogP contribution in [0.2, 0.25) is 0 Å². The van der Waals surface area contributed by atoms with Crippen LogP contribution < -0.4 is 11.5 Å². The highest BCUT2D eigenvalue weighted by Gasteiger charge is 2.22. The Morgan fingerprint density at radius 3 is 2.56 bits per heavy atom. The molecule has 1 aromatic rings. The fraction of sp³-hybridized carbons (Fsp3) is 0.417. The number of benzene rings is 1. The van der Waals surface area contributed by atoms with Gasteiger partial charge in [-0.05, 0) is 44.0 Å². The lowest BCUT2D eigenvalue weighted by molar-refractivity contribution is 0.0459. The van der Waals surface area contributed by atoms with E-state index in [2.05, 4.69) is 0 Å². The Hall–Kier alpha value is -1.71.